The van der Waals surface area contributed by atoms with Crippen molar-refractivity contribution < 1.29 is 19.5 Å². The summed E-state index contributed by atoms with van der Waals surface area (Å²) in [6.07, 6.45) is 0.563. The van der Waals surface area contributed by atoms with E-state index in [9.17, 15) is 19.5 Å². The van der Waals surface area contributed by atoms with Crippen LogP contribution in [0.2, 0.25) is 5.02 Å². The Morgan fingerprint density at radius 1 is 1.18 bits per heavy atom. The first-order valence-electron chi connectivity index (χ1n) is 13.2. The van der Waals surface area contributed by atoms with Crippen molar-refractivity contribution in [2.45, 2.75) is 60.6 Å². The Morgan fingerprint density at radius 2 is 1.90 bits per heavy atom. The summed E-state index contributed by atoms with van der Waals surface area (Å²) in [7, 11) is 0. The van der Waals surface area contributed by atoms with Gasteiger partial charge >= 0.3 is 0 Å². The molecule has 3 unspecified atom stereocenters. The van der Waals surface area contributed by atoms with Gasteiger partial charge in [-0.15, -0.1) is 11.8 Å². The molecule has 7 atom stereocenters. The molecule has 3 fully saturated rings. The van der Waals surface area contributed by atoms with E-state index in [-0.39, 0.29) is 40.3 Å². The monoisotopic (exact) mass is 633 g/mol. The Bertz CT molecular complexity index is 1260. The van der Waals surface area contributed by atoms with E-state index in [2.05, 4.69) is 26.6 Å². The highest BCUT2D eigenvalue weighted by Crippen LogP contribution is 2.68. The number of para-hydroxylation sites is 1. The first-order valence-corrected chi connectivity index (χ1v) is 15.4. The highest BCUT2D eigenvalue weighted by atomic mass is 79.9. The molecule has 39 heavy (non-hydrogen) atoms. The number of aryl methyl sites for hydroxylation is 1. The number of alkyl halides is 1. The van der Waals surface area contributed by atoms with Gasteiger partial charge in [-0.05, 0) is 36.5 Å². The summed E-state index contributed by atoms with van der Waals surface area (Å²) in [6.45, 7) is 5.79. The summed E-state index contributed by atoms with van der Waals surface area (Å²) in [6, 6.07) is 13.6. The van der Waals surface area contributed by atoms with Crippen LogP contribution in [0, 0.1) is 24.7 Å². The molecule has 208 valence electrons. The number of nitrogens with one attached hydrogen (secondary N) is 2. The van der Waals surface area contributed by atoms with Crippen LogP contribution in [0.4, 0.5) is 5.69 Å². The summed E-state index contributed by atoms with van der Waals surface area (Å²) in [4.78, 5) is 43.7. The number of fused-ring (bicyclic) bond motifs is 1. The van der Waals surface area contributed by atoms with Crippen LogP contribution in [0.15, 0.2) is 48.5 Å². The van der Waals surface area contributed by atoms with Crippen molar-refractivity contribution in [3.63, 3.8) is 0 Å². The van der Waals surface area contributed by atoms with E-state index in [0.29, 0.717) is 23.7 Å². The number of aliphatic hydroxyl groups excluding tert-OH is 1. The molecule has 3 heterocycles. The molecule has 0 radical (unpaired) electrons. The van der Waals surface area contributed by atoms with Crippen molar-refractivity contribution in [2.75, 3.05) is 11.9 Å². The van der Waals surface area contributed by atoms with Crippen LogP contribution in [-0.4, -0.2) is 61.2 Å². The van der Waals surface area contributed by atoms with Crippen LogP contribution in [0.25, 0.3) is 0 Å². The molecule has 3 aliphatic heterocycles. The van der Waals surface area contributed by atoms with Crippen molar-refractivity contribution in [1.29, 1.82) is 0 Å². The molecule has 1 spiro atoms. The van der Waals surface area contributed by atoms with Gasteiger partial charge in [0.1, 0.15) is 6.04 Å². The first-order chi connectivity index (χ1) is 18.6. The van der Waals surface area contributed by atoms with Crippen molar-refractivity contribution in [3.8, 4) is 0 Å². The first kappa shape index (κ1) is 28.5. The fraction of sp³-hybridized carbons (Fsp3) is 0.483. The minimum Gasteiger partial charge on any atom is -0.394 e. The number of thioether (sulfide) groups is 1. The zero-order valence-electron chi connectivity index (χ0n) is 22.1. The molecule has 3 N–H and O–H groups in total. The number of likely N-dealkylation sites (tertiary alicyclic amines) is 1. The second-order valence-electron chi connectivity index (χ2n) is 11.0. The predicted octanol–water partition coefficient (Wildman–Crippen LogP) is 4.38. The standard InChI is InChI=1S/C29H33BrClN3O4S/c1-15(2)20(14-35)34-25(27(37)33-23-16(3)8-7-11-19(23)31)29-12-18(30)24(39-29)21(22(29)28(34)38)26(36)32-13-17-9-5-4-6-10-17/h4-11,15,18,20-22,24-25,35H,12-14H2,1-3H3,(H,32,36)(H,33,37)/t18?,20-,21-,22-,24-,25?,29?/m0/s1. The quantitative estimate of drug-likeness (QED) is 0.375. The number of carbonyl (C=O) groups is 3. The Kier molecular flexibility index (Phi) is 8.08. The minimum absolute atomic E-state index is 0.0389. The second-order valence-corrected chi connectivity index (χ2v) is 14.2. The zero-order chi connectivity index (χ0) is 28.1. The third-order valence-electron chi connectivity index (χ3n) is 8.37. The molecule has 2 aromatic rings. The highest BCUT2D eigenvalue weighted by Gasteiger charge is 2.76. The minimum atomic E-state index is -0.868. The fourth-order valence-corrected chi connectivity index (χ4v) is 10.4. The van der Waals surface area contributed by atoms with E-state index in [4.69, 9.17) is 11.6 Å². The van der Waals surface area contributed by atoms with Gasteiger partial charge < -0.3 is 20.6 Å². The number of nitrogens with zero attached hydrogens (tertiary/aromatic N) is 1. The Morgan fingerprint density at radius 3 is 2.54 bits per heavy atom. The number of aliphatic hydroxyl groups is 1. The third-order valence-corrected chi connectivity index (χ3v) is 11.9. The smallest absolute Gasteiger partial charge is 0.248 e. The second kappa shape index (κ2) is 11.1. The van der Waals surface area contributed by atoms with Crippen LogP contribution in [0.3, 0.4) is 0 Å². The van der Waals surface area contributed by atoms with Gasteiger partial charge in [0.25, 0.3) is 0 Å². The van der Waals surface area contributed by atoms with Crippen LogP contribution in [0.1, 0.15) is 31.4 Å². The van der Waals surface area contributed by atoms with Crippen LogP contribution >= 0.6 is 39.3 Å². The lowest BCUT2D eigenvalue weighted by Crippen LogP contribution is -2.56. The average Bonchev–Trinajstić information content (AvgIpc) is 3.49. The number of hydrogen-bond acceptors (Lipinski definition) is 5. The van der Waals surface area contributed by atoms with E-state index in [1.807, 2.05) is 63.2 Å². The largest absolute Gasteiger partial charge is 0.394 e. The lowest BCUT2D eigenvalue weighted by Gasteiger charge is -2.38. The fourth-order valence-electron chi connectivity index (χ4n) is 6.53. The summed E-state index contributed by atoms with van der Waals surface area (Å²) in [5.74, 6) is -2.15. The lowest BCUT2D eigenvalue weighted by atomic mass is 9.70. The van der Waals surface area contributed by atoms with Gasteiger partial charge in [0.15, 0.2) is 0 Å². The third kappa shape index (κ3) is 4.79. The molecule has 5 rings (SSSR count). The number of benzene rings is 2. The van der Waals surface area contributed by atoms with Crippen LogP contribution in [0.5, 0.6) is 0 Å². The molecule has 0 saturated carbocycles. The Hall–Kier alpha value is -2.07. The van der Waals surface area contributed by atoms with E-state index in [1.165, 1.54) is 0 Å². The van der Waals surface area contributed by atoms with Gasteiger partial charge in [-0.1, -0.05) is 83.8 Å². The maximum Gasteiger partial charge on any atom is 0.248 e. The Balaban J connectivity index is 1.52. The van der Waals surface area contributed by atoms with Crippen molar-refractivity contribution in [1.82, 2.24) is 10.2 Å². The summed E-state index contributed by atoms with van der Waals surface area (Å²) >= 11 is 11.8. The lowest BCUT2D eigenvalue weighted by molar-refractivity contribution is -0.142. The molecule has 3 saturated heterocycles. The molecule has 2 aromatic carbocycles. The highest BCUT2D eigenvalue weighted by molar-refractivity contribution is 9.09. The predicted molar refractivity (Wildman–Crippen MR) is 158 cm³/mol. The molecular formula is C29H33BrClN3O4S. The molecular weight excluding hydrogens is 602 g/mol. The molecule has 7 nitrogen and oxygen atoms in total. The van der Waals surface area contributed by atoms with Gasteiger partial charge in [-0.3, -0.25) is 14.4 Å². The van der Waals surface area contributed by atoms with E-state index >= 15 is 0 Å². The summed E-state index contributed by atoms with van der Waals surface area (Å²) in [5.41, 5.74) is 2.29. The number of carbonyl (C=O) groups excluding carboxylic acids is 3. The number of anilines is 1. The molecule has 0 aromatic heterocycles. The molecule has 10 heteroatoms. The van der Waals surface area contributed by atoms with Gasteiger partial charge in [-0.25, -0.2) is 0 Å². The zero-order valence-corrected chi connectivity index (χ0v) is 25.2. The maximum atomic E-state index is 14.3. The van der Waals surface area contributed by atoms with Gasteiger partial charge in [0, 0.05) is 16.6 Å². The van der Waals surface area contributed by atoms with Gasteiger partial charge in [0.05, 0.1) is 39.9 Å². The topological polar surface area (TPSA) is 98.7 Å². The Labute approximate surface area is 246 Å². The molecule has 3 amide bonds. The summed E-state index contributed by atoms with van der Waals surface area (Å²) < 4.78 is -0.813. The van der Waals surface area contributed by atoms with E-state index in [0.717, 1.165) is 11.1 Å². The van der Waals surface area contributed by atoms with Crippen molar-refractivity contribution in [3.05, 3.63) is 64.7 Å². The maximum absolute atomic E-state index is 14.3. The van der Waals surface area contributed by atoms with E-state index < -0.39 is 28.7 Å². The average molecular weight is 635 g/mol. The molecule has 0 aliphatic carbocycles. The van der Waals surface area contributed by atoms with E-state index in [1.54, 1.807) is 22.7 Å². The number of halogens is 2. The van der Waals surface area contributed by atoms with Crippen molar-refractivity contribution >= 4 is 62.7 Å². The van der Waals surface area contributed by atoms with Crippen molar-refractivity contribution in [2.24, 2.45) is 17.8 Å². The normalized spacial score (nSPS) is 30.0. The van der Waals surface area contributed by atoms with Crippen LogP contribution in [-0.2, 0) is 20.9 Å². The molecule has 3 aliphatic rings. The van der Waals surface area contributed by atoms with Gasteiger partial charge in [-0.2, -0.15) is 0 Å². The summed E-state index contributed by atoms with van der Waals surface area (Å²) in [5, 5.41) is 16.7. The number of rotatable bonds is 8. The number of hydrogen-bond donors (Lipinski definition) is 3. The number of amides is 3. The van der Waals surface area contributed by atoms with Crippen LogP contribution < -0.4 is 10.6 Å². The van der Waals surface area contributed by atoms with Gasteiger partial charge in [0.2, 0.25) is 17.7 Å². The SMILES string of the molecule is Cc1cccc(Cl)c1NC(=O)C1N([C@@H](CO)C(C)C)C(=O)[C@@H]2[C@H](C(=O)NCc3ccccc3)[C@H]3SC12CC3Br. The molecule has 2 bridgehead atoms.